The molecule has 1 heterocycles. The number of rotatable bonds is 5. The number of nitrogens with one attached hydrogen (secondary N) is 1. The number of anilines is 1. The highest BCUT2D eigenvalue weighted by atomic mass is 16.5. The number of nitrogens with zero attached hydrogens (tertiary/aromatic N) is 1. The van der Waals surface area contributed by atoms with Crippen molar-refractivity contribution in [2.24, 2.45) is 7.05 Å². The van der Waals surface area contributed by atoms with E-state index in [1.807, 2.05) is 85.3 Å². The minimum absolute atomic E-state index is 0.130. The van der Waals surface area contributed by atoms with Crippen molar-refractivity contribution in [2.75, 3.05) is 5.32 Å². The Bertz CT molecular complexity index is 1110. The van der Waals surface area contributed by atoms with Crippen molar-refractivity contribution in [3.63, 3.8) is 0 Å². The van der Waals surface area contributed by atoms with E-state index in [1.54, 1.807) is 0 Å². The second-order valence-corrected chi connectivity index (χ2v) is 6.90. The van der Waals surface area contributed by atoms with Gasteiger partial charge in [-0.3, -0.25) is 4.79 Å². The molecule has 0 fully saturated rings. The molecule has 0 atom stereocenters. The fraction of sp³-hybridized carbons (Fsp3) is 0.125. The van der Waals surface area contributed by atoms with Crippen LogP contribution < -0.4 is 10.1 Å². The van der Waals surface area contributed by atoms with Crippen LogP contribution in [0.4, 0.5) is 5.69 Å². The van der Waals surface area contributed by atoms with Gasteiger partial charge in [0.1, 0.15) is 18.1 Å². The summed E-state index contributed by atoms with van der Waals surface area (Å²) in [6.07, 6.45) is 0. The topological polar surface area (TPSA) is 43.3 Å². The van der Waals surface area contributed by atoms with Crippen LogP contribution in [0.2, 0.25) is 0 Å². The molecule has 4 rings (SSSR count). The lowest BCUT2D eigenvalue weighted by molar-refractivity contribution is 0.101. The van der Waals surface area contributed by atoms with Crippen LogP contribution in [0.15, 0.2) is 78.9 Å². The Morgan fingerprint density at radius 2 is 1.71 bits per heavy atom. The highest BCUT2D eigenvalue weighted by Crippen LogP contribution is 2.22. The van der Waals surface area contributed by atoms with Crippen molar-refractivity contribution in [1.82, 2.24) is 4.57 Å². The minimum Gasteiger partial charge on any atom is -0.489 e. The Kier molecular flexibility index (Phi) is 4.85. The number of hydrogen-bond acceptors (Lipinski definition) is 2. The number of carbonyl (C=O) groups is 1. The van der Waals surface area contributed by atoms with Crippen LogP contribution in [0, 0.1) is 6.92 Å². The summed E-state index contributed by atoms with van der Waals surface area (Å²) in [6.45, 7) is 2.56. The maximum absolute atomic E-state index is 12.7. The molecule has 0 saturated heterocycles. The summed E-state index contributed by atoms with van der Waals surface area (Å²) in [7, 11) is 1.91. The van der Waals surface area contributed by atoms with Gasteiger partial charge in [-0.2, -0.15) is 0 Å². The number of fused-ring (bicyclic) bond motifs is 1. The Morgan fingerprint density at radius 3 is 2.46 bits per heavy atom. The number of amides is 1. The van der Waals surface area contributed by atoms with Gasteiger partial charge in [0.2, 0.25) is 0 Å². The molecular formula is C24H22N2O2. The highest BCUT2D eigenvalue weighted by Gasteiger charge is 2.13. The molecule has 4 heteroatoms. The van der Waals surface area contributed by atoms with Gasteiger partial charge in [0.25, 0.3) is 5.91 Å². The molecule has 28 heavy (non-hydrogen) atoms. The maximum Gasteiger partial charge on any atom is 0.272 e. The van der Waals surface area contributed by atoms with Gasteiger partial charge in [-0.1, -0.05) is 42.0 Å². The third-order valence-electron chi connectivity index (χ3n) is 4.79. The first-order valence-electron chi connectivity index (χ1n) is 9.24. The number of hydrogen-bond donors (Lipinski definition) is 1. The average Bonchev–Trinajstić information content (AvgIpc) is 3.04. The molecule has 4 nitrogen and oxygen atoms in total. The van der Waals surface area contributed by atoms with Crippen molar-refractivity contribution >= 4 is 22.5 Å². The third kappa shape index (κ3) is 3.76. The smallest absolute Gasteiger partial charge is 0.272 e. The molecule has 0 aliphatic heterocycles. The number of aryl methyl sites for hydroxylation is 2. The van der Waals surface area contributed by atoms with Gasteiger partial charge in [0, 0.05) is 23.6 Å². The van der Waals surface area contributed by atoms with Crippen molar-refractivity contribution in [3.8, 4) is 5.75 Å². The molecule has 0 radical (unpaired) electrons. The predicted octanol–water partition coefficient (Wildman–Crippen LogP) is 5.32. The van der Waals surface area contributed by atoms with Crippen LogP contribution in [0.5, 0.6) is 5.75 Å². The molecule has 1 amide bonds. The lowest BCUT2D eigenvalue weighted by Gasteiger charge is -2.09. The largest absolute Gasteiger partial charge is 0.489 e. The standard InChI is InChI=1S/C24H22N2O2/c1-17-8-13-22-19(14-17)15-23(26(22)2)24(27)25-20-9-11-21(12-10-20)28-16-18-6-4-3-5-7-18/h3-15H,16H2,1-2H3,(H,25,27). The van der Waals surface area contributed by atoms with Crippen molar-refractivity contribution in [1.29, 1.82) is 0 Å². The summed E-state index contributed by atoms with van der Waals surface area (Å²) < 4.78 is 7.71. The Hall–Kier alpha value is -3.53. The van der Waals surface area contributed by atoms with Crippen molar-refractivity contribution < 1.29 is 9.53 Å². The zero-order chi connectivity index (χ0) is 19.5. The number of carbonyl (C=O) groups excluding carboxylic acids is 1. The molecule has 0 unspecified atom stereocenters. The summed E-state index contributed by atoms with van der Waals surface area (Å²) in [6, 6.07) is 25.6. The Labute approximate surface area is 164 Å². The van der Waals surface area contributed by atoms with Crippen molar-refractivity contribution in [3.05, 3.63) is 95.7 Å². The molecule has 140 valence electrons. The SMILES string of the molecule is Cc1ccc2c(c1)cc(C(=O)Nc1ccc(OCc3ccccc3)cc1)n2C. The van der Waals surface area contributed by atoms with E-state index in [2.05, 4.69) is 17.4 Å². The fourth-order valence-corrected chi connectivity index (χ4v) is 3.26. The maximum atomic E-state index is 12.7. The molecule has 4 aromatic rings. The van der Waals surface area contributed by atoms with Crippen LogP contribution >= 0.6 is 0 Å². The number of ether oxygens (including phenoxy) is 1. The van der Waals surface area contributed by atoms with E-state index in [9.17, 15) is 4.79 Å². The van der Waals surface area contributed by atoms with Gasteiger partial charge in [-0.05, 0) is 55.0 Å². The fourth-order valence-electron chi connectivity index (χ4n) is 3.26. The van der Waals surface area contributed by atoms with Crippen LogP contribution in [-0.4, -0.2) is 10.5 Å². The molecule has 1 aromatic heterocycles. The van der Waals surface area contributed by atoms with Gasteiger partial charge in [0.05, 0.1) is 0 Å². The predicted molar refractivity (Wildman–Crippen MR) is 113 cm³/mol. The highest BCUT2D eigenvalue weighted by molar-refractivity contribution is 6.06. The van der Waals surface area contributed by atoms with Gasteiger partial charge in [0.15, 0.2) is 0 Å². The van der Waals surface area contributed by atoms with Crippen LogP contribution in [-0.2, 0) is 13.7 Å². The minimum atomic E-state index is -0.130. The molecule has 0 aliphatic carbocycles. The second-order valence-electron chi connectivity index (χ2n) is 6.90. The van der Waals surface area contributed by atoms with Gasteiger partial charge < -0.3 is 14.6 Å². The summed E-state index contributed by atoms with van der Waals surface area (Å²) in [5.74, 6) is 0.635. The zero-order valence-electron chi connectivity index (χ0n) is 16.0. The quantitative estimate of drug-likeness (QED) is 0.517. The number of aromatic nitrogens is 1. The monoisotopic (exact) mass is 370 g/mol. The number of benzene rings is 3. The molecule has 0 aliphatic rings. The van der Waals surface area contributed by atoms with Gasteiger partial charge in [-0.25, -0.2) is 0 Å². The van der Waals surface area contributed by atoms with E-state index >= 15 is 0 Å². The molecule has 1 N–H and O–H groups in total. The normalized spacial score (nSPS) is 10.8. The van der Waals surface area contributed by atoms with E-state index < -0.39 is 0 Å². The van der Waals surface area contributed by atoms with E-state index in [0.29, 0.717) is 12.3 Å². The van der Waals surface area contributed by atoms with E-state index in [4.69, 9.17) is 4.74 Å². The lowest BCUT2D eigenvalue weighted by atomic mass is 10.2. The first-order valence-corrected chi connectivity index (χ1v) is 9.24. The first kappa shape index (κ1) is 17.9. The van der Waals surface area contributed by atoms with E-state index in [-0.39, 0.29) is 5.91 Å². The Balaban J connectivity index is 1.44. The van der Waals surface area contributed by atoms with E-state index in [0.717, 1.165) is 27.9 Å². The van der Waals surface area contributed by atoms with Crippen LogP contribution in [0.25, 0.3) is 10.9 Å². The van der Waals surface area contributed by atoms with Crippen molar-refractivity contribution in [2.45, 2.75) is 13.5 Å². The third-order valence-corrected chi connectivity index (χ3v) is 4.79. The summed E-state index contributed by atoms with van der Waals surface area (Å²) >= 11 is 0. The zero-order valence-corrected chi connectivity index (χ0v) is 16.0. The first-order chi connectivity index (χ1) is 13.6. The molecule has 3 aromatic carbocycles. The summed E-state index contributed by atoms with van der Waals surface area (Å²) in [4.78, 5) is 12.7. The van der Waals surface area contributed by atoms with Gasteiger partial charge in [-0.15, -0.1) is 0 Å². The lowest BCUT2D eigenvalue weighted by Crippen LogP contribution is -2.15. The van der Waals surface area contributed by atoms with Crippen LogP contribution in [0.1, 0.15) is 21.6 Å². The van der Waals surface area contributed by atoms with Gasteiger partial charge >= 0.3 is 0 Å². The Morgan fingerprint density at radius 1 is 0.964 bits per heavy atom. The molecule has 0 saturated carbocycles. The second kappa shape index (κ2) is 7.61. The summed E-state index contributed by atoms with van der Waals surface area (Å²) in [5, 5.41) is 4.03. The molecular weight excluding hydrogens is 348 g/mol. The van der Waals surface area contributed by atoms with Crippen LogP contribution in [0.3, 0.4) is 0 Å². The summed E-state index contributed by atoms with van der Waals surface area (Å²) in [5.41, 5.74) is 4.70. The average molecular weight is 370 g/mol. The molecule has 0 bridgehead atoms. The molecule has 0 spiro atoms. The van der Waals surface area contributed by atoms with E-state index in [1.165, 1.54) is 5.56 Å².